The van der Waals surface area contributed by atoms with Gasteiger partial charge in [-0.2, -0.15) is 0 Å². The molecule has 2 N–H and O–H groups in total. The fourth-order valence-corrected chi connectivity index (χ4v) is 5.42. The van der Waals surface area contributed by atoms with Gasteiger partial charge in [-0.3, -0.25) is 4.79 Å². The normalized spacial score (nSPS) is 16.5. The lowest BCUT2D eigenvalue weighted by Gasteiger charge is -2.28. The van der Waals surface area contributed by atoms with Crippen LogP contribution in [-0.2, 0) is 11.2 Å². The highest BCUT2D eigenvalue weighted by Crippen LogP contribution is 2.32. The molecule has 0 aromatic heterocycles. The summed E-state index contributed by atoms with van der Waals surface area (Å²) in [6, 6.07) is 5.53. The van der Waals surface area contributed by atoms with E-state index in [0.717, 1.165) is 28.9 Å². The van der Waals surface area contributed by atoms with E-state index in [1.165, 1.54) is 12.1 Å². The van der Waals surface area contributed by atoms with Crippen LogP contribution in [0.4, 0.5) is 14.5 Å². The molecule has 1 atom stereocenters. The number of nitrogens with one attached hydrogen (secondary N) is 2. The van der Waals surface area contributed by atoms with Crippen molar-refractivity contribution in [1.82, 2.24) is 5.32 Å². The van der Waals surface area contributed by atoms with E-state index in [-0.39, 0.29) is 16.8 Å². The van der Waals surface area contributed by atoms with E-state index < -0.39 is 25.8 Å². The molecule has 0 bridgehead atoms. The zero-order valence-electron chi connectivity index (χ0n) is 16.9. The molecule has 28 heavy (non-hydrogen) atoms. The fraction of sp³-hybridized carbons (Fsp3) is 0.381. The number of anilines is 1. The highest BCUT2D eigenvalue weighted by molar-refractivity contribution is 6.88. The van der Waals surface area contributed by atoms with Crippen LogP contribution in [0.15, 0.2) is 24.3 Å². The number of hydrogen-bond donors (Lipinski definition) is 2. The van der Waals surface area contributed by atoms with Crippen LogP contribution in [0.3, 0.4) is 0 Å². The van der Waals surface area contributed by atoms with E-state index in [1.807, 2.05) is 38.7 Å². The molecule has 0 spiro atoms. The summed E-state index contributed by atoms with van der Waals surface area (Å²) < 4.78 is 34.3. The number of carbonyl (C=O) groups is 1. The number of amides is 1. The summed E-state index contributed by atoms with van der Waals surface area (Å²) in [7, 11) is -0.549. The first-order valence-corrected chi connectivity index (χ1v) is 12.8. The van der Waals surface area contributed by atoms with Gasteiger partial charge in [0.25, 0.3) is 0 Å². The second-order valence-electron chi connectivity index (χ2n) is 8.15. The molecule has 0 radical (unpaired) electrons. The van der Waals surface area contributed by atoms with E-state index in [1.54, 1.807) is 7.11 Å². The van der Waals surface area contributed by atoms with Crippen molar-refractivity contribution in [3.8, 4) is 5.75 Å². The van der Waals surface area contributed by atoms with Gasteiger partial charge in [-0.05, 0) is 48.2 Å². The maximum absolute atomic E-state index is 14.5. The Labute approximate surface area is 165 Å². The standard InChI is InChI=1S/C21H26F2N2O2Si/c1-12-14-8-9-24-19(15(14)6-7-18(12)27-2)21(26)25-13-10-16(22)20(17(23)11-13)28(3,4)5/h6-7,10-11,19,24H,8-9H2,1-5H3,(H,25,26)/t19-/m1/s1. The van der Waals surface area contributed by atoms with Crippen molar-refractivity contribution in [1.29, 1.82) is 0 Å². The summed E-state index contributed by atoms with van der Waals surface area (Å²) in [5, 5.41) is 6.00. The molecule has 4 nitrogen and oxygen atoms in total. The van der Waals surface area contributed by atoms with Gasteiger partial charge >= 0.3 is 0 Å². The van der Waals surface area contributed by atoms with Gasteiger partial charge in [-0.25, -0.2) is 8.78 Å². The minimum atomic E-state index is -2.17. The number of benzene rings is 2. The first-order chi connectivity index (χ1) is 13.1. The van der Waals surface area contributed by atoms with Crippen LogP contribution in [0.1, 0.15) is 22.7 Å². The number of fused-ring (bicyclic) bond motifs is 1. The molecular weight excluding hydrogens is 378 g/mol. The number of hydrogen-bond acceptors (Lipinski definition) is 3. The van der Waals surface area contributed by atoms with E-state index in [0.29, 0.717) is 6.54 Å². The first kappa shape index (κ1) is 20.5. The third-order valence-corrected chi connectivity index (χ3v) is 7.14. The molecular formula is C21H26F2N2O2Si. The summed E-state index contributed by atoms with van der Waals surface area (Å²) in [6.45, 7) is 8.25. The van der Waals surface area contributed by atoms with Crippen LogP contribution < -0.4 is 20.6 Å². The maximum Gasteiger partial charge on any atom is 0.246 e. The molecule has 7 heteroatoms. The quantitative estimate of drug-likeness (QED) is 0.765. The molecule has 150 valence electrons. The SMILES string of the molecule is COc1ccc2c(c1C)CCN[C@H]2C(=O)Nc1cc(F)c([Si](C)(C)C)c(F)c1. The van der Waals surface area contributed by atoms with Crippen molar-refractivity contribution in [3.05, 3.63) is 52.6 Å². The van der Waals surface area contributed by atoms with Crippen molar-refractivity contribution in [2.75, 3.05) is 19.0 Å². The van der Waals surface area contributed by atoms with Crippen LogP contribution in [0.2, 0.25) is 19.6 Å². The monoisotopic (exact) mass is 404 g/mol. The Bertz CT molecular complexity index is 902. The van der Waals surface area contributed by atoms with Gasteiger partial charge in [0.05, 0.1) is 15.2 Å². The molecule has 0 unspecified atom stereocenters. The predicted molar refractivity (Wildman–Crippen MR) is 110 cm³/mol. The van der Waals surface area contributed by atoms with Gasteiger partial charge in [-0.1, -0.05) is 25.7 Å². The average Bonchev–Trinajstić information content (AvgIpc) is 2.59. The lowest BCUT2D eigenvalue weighted by atomic mass is 9.90. The van der Waals surface area contributed by atoms with E-state index in [4.69, 9.17) is 4.74 Å². The molecule has 2 aromatic carbocycles. The summed E-state index contributed by atoms with van der Waals surface area (Å²) in [4.78, 5) is 12.9. The Morgan fingerprint density at radius 1 is 1.21 bits per heavy atom. The molecule has 2 aromatic rings. The Kier molecular flexibility index (Phi) is 5.59. The van der Waals surface area contributed by atoms with Crippen LogP contribution in [0, 0.1) is 18.6 Å². The molecule has 1 amide bonds. The third-order valence-electron chi connectivity index (χ3n) is 5.16. The zero-order chi connectivity index (χ0) is 20.6. The van der Waals surface area contributed by atoms with Crippen LogP contribution in [0.25, 0.3) is 0 Å². The van der Waals surface area contributed by atoms with Crippen LogP contribution >= 0.6 is 0 Å². The van der Waals surface area contributed by atoms with E-state index >= 15 is 0 Å². The summed E-state index contributed by atoms with van der Waals surface area (Å²) in [5.41, 5.74) is 3.07. The highest BCUT2D eigenvalue weighted by Gasteiger charge is 2.29. The molecule has 0 saturated heterocycles. The third kappa shape index (κ3) is 3.82. The molecule has 1 heterocycles. The Morgan fingerprint density at radius 2 is 1.86 bits per heavy atom. The number of rotatable bonds is 4. The Hall–Kier alpha value is -2.25. The van der Waals surface area contributed by atoms with Gasteiger partial charge in [0, 0.05) is 17.4 Å². The molecule has 3 rings (SSSR count). The molecule has 1 aliphatic rings. The van der Waals surface area contributed by atoms with E-state index in [2.05, 4.69) is 10.6 Å². The summed E-state index contributed by atoms with van der Waals surface area (Å²) in [5.74, 6) is -0.768. The van der Waals surface area contributed by atoms with Crippen molar-refractivity contribution in [2.45, 2.75) is 39.0 Å². The first-order valence-electron chi connectivity index (χ1n) is 9.33. The summed E-state index contributed by atoms with van der Waals surface area (Å²) >= 11 is 0. The minimum absolute atomic E-state index is 0.126. The van der Waals surface area contributed by atoms with Crippen LogP contribution in [0.5, 0.6) is 5.75 Å². The lowest BCUT2D eigenvalue weighted by Crippen LogP contribution is -2.42. The van der Waals surface area contributed by atoms with Crippen molar-refractivity contribution in [3.63, 3.8) is 0 Å². The van der Waals surface area contributed by atoms with Crippen molar-refractivity contribution >= 4 is 24.9 Å². The van der Waals surface area contributed by atoms with Gasteiger partial charge in [0.1, 0.15) is 23.4 Å². The fourth-order valence-electron chi connectivity index (χ4n) is 3.84. The second-order valence-corrected chi connectivity index (χ2v) is 13.2. The van der Waals surface area contributed by atoms with Crippen LogP contribution in [-0.4, -0.2) is 27.6 Å². The molecule has 0 aliphatic carbocycles. The van der Waals surface area contributed by atoms with E-state index in [9.17, 15) is 13.6 Å². The molecule has 0 saturated carbocycles. The second kappa shape index (κ2) is 7.64. The Balaban J connectivity index is 1.89. The van der Waals surface area contributed by atoms with Gasteiger partial charge < -0.3 is 15.4 Å². The predicted octanol–water partition coefficient (Wildman–Crippen LogP) is 3.65. The number of halogens is 2. The lowest BCUT2D eigenvalue weighted by molar-refractivity contribution is -0.118. The molecule has 1 aliphatic heterocycles. The minimum Gasteiger partial charge on any atom is -0.496 e. The maximum atomic E-state index is 14.5. The zero-order valence-corrected chi connectivity index (χ0v) is 17.9. The number of carbonyl (C=O) groups excluding carboxylic acids is 1. The number of methoxy groups -OCH3 is 1. The molecule has 0 fully saturated rings. The topological polar surface area (TPSA) is 50.4 Å². The largest absolute Gasteiger partial charge is 0.496 e. The van der Waals surface area contributed by atoms with Gasteiger partial charge in [0.2, 0.25) is 5.91 Å². The highest BCUT2D eigenvalue weighted by atomic mass is 28.3. The smallest absolute Gasteiger partial charge is 0.246 e. The van der Waals surface area contributed by atoms with Crippen molar-refractivity contribution < 1.29 is 18.3 Å². The van der Waals surface area contributed by atoms with Gasteiger partial charge in [0.15, 0.2) is 0 Å². The Morgan fingerprint density at radius 3 is 2.43 bits per heavy atom. The summed E-state index contributed by atoms with van der Waals surface area (Å²) in [6.07, 6.45) is 0.788. The van der Waals surface area contributed by atoms with Gasteiger partial charge in [-0.15, -0.1) is 0 Å². The average molecular weight is 405 g/mol. The number of ether oxygens (including phenoxy) is 1. The van der Waals surface area contributed by atoms with Crippen molar-refractivity contribution in [2.24, 2.45) is 0 Å².